The van der Waals surface area contributed by atoms with E-state index in [4.69, 9.17) is 0 Å². The number of halogens is 2. The molecule has 0 atom stereocenters. The SMILES string of the molecule is CCCCCCCCCCCCCCCC[N+](C)(C)CC(O)C[N+](C)(C)CCCCCCCCCCCCCCCC.O.[Cl-].[Cl-]. The quantitative estimate of drug-likeness (QED) is 0.0779. The Hall–Kier alpha value is 0.420. The van der Waals surface area contributed by atoms with Crippen molar-refractivity contribution >= 4 is 0 Å². The van der Waals surface area contributed by atoms with Gasteiger partial charge in [-0.15, -0.1) is 0 Å². The highest BCUT2D eigenvalue weighted by atomic mass is 35.5. The Morgan fingerprint density at radius 2 is 0.533 bits per heavy atom. The molecule has 4 nitrogen and oxygen atoms in total. The van der Waals surface area contributed by atoms with Crippen LogP contribution in [0, 0.1) is 0 Å². The highest BCUT2D eigenvalue weighted by Crippen LogP contribution is 2.16. The molecule has 6 heteroatoms. The molecule has 0 aliphatic heterocycles. The van der Waals surface area contributed by atoms with Crippen molar-refractivity contribution in [1.82, 2.24) is 0 Å². The van der Waals surface area contributed by atoms with Crippen molar-refractivity contribution < 1.29 is 44.4 Å². The summed E-state index contributed by atoms with van der Waals surface area (Å²) >= 11 is 0. The molecule has 0 radical (unpaired) electrons. The van der Waals surface area contributed by atoms with Gasteiger partial charge in [-0.2, -0.15) is 0 Å². The molecule has 45 heavy (non-hydrogen) atoms. The van der Waals surface area contributed by atoms with Gasteiger partial charge in [0.25, 0.3) is 0 Å². The van der Waals surface area contributed by atoms with Gasteiger partial charge in [-0.05, 0) is 25.7 Å². The lowest BCUT2D eigenvalue weighted by atomic mass is 10.0. The third-order valence-corrected chi connectivity index (χ3v) is 9.64. The summed E-state index contributed by atoms with van der Waals surface area (Å²) in [5.74, 6) is 0. The van der Waals surface area contributed by atoms with Crippen molar-refractivity contribution in [3.8, 4) is 0 Å². The first-order chi connectivity index (χ1) is 20.2. The largest absolute Gasteiger partial charge is 1.00 e. The second-order valence-corrected chi connectivity index (χ2v) is 15.5. The van der Waals surface area contributed by atoms with Gasteiger partial charge in [-0.1, -0.05) is 168 Å². The lowest BCUT2D eigenvalue weighted by Gasteiger charge is -2.36. The first kappa shape index (κ1) is 52.2. The summed E-state index contributed by atoms with van der Waals surface area (Å²) in [4.78, 5) is 0. The maximum Gasteiger partial charge on any atom is 0.152 e. The average molecular weight is 686 g/mol. The van der Waals surface area contributed by atoms with E-state index in [1.54, 1.807) is 0 Å². The molecule has 0 aliphatic carbocycles. The minimum absolute atomic E-state index is 0. The molecule has 278 valence electrons. The summed E-state index contributed by atoms with van der Waals surface area (Å²) in [5, 5.41) is 10.9. The van der Waals surface area contributed by atoms with Crippen LogP contribution < -0.4 is 24.8 Å². The number of likely N-dealkylation sites (N-methyl/N-ethyl adjacent to an activating group) is 2. The standard InChI is InChI=1S/C39H84N2O.2ClH.H2O/c1-7-9-11-13-15-17-19-21-23-25-27-29-31-33-35-40(3,4)37-39(42)38-41(5,6)36-34-32-30-28-26-24-22-20-18-16-14-12-10-8-2;;;/h39,42H,7-38H2,1-6H3;2*1H;1H2/q+2;;;/p-2. The molecule has 0 saturated heterocycles. The van der Waals surface area contributed by atoms with E-state index in [1.165, 1.54) is 193 Å². The van der Waals surface area contributed by atoms with Gasteiger partial charge in [0, 0.05) is 0 Å². The third kappa shape index (κ3) is 40.5. The van der Waals surface area contributed by atoms with Gasteiger partial charge in [-0.3, -0.25) is 0 Å². The predicted molar refractivity (Wildman–Crippen MR) is 194 cm³/mol. The van der Waals surface area contributed by atoms with E-state index in [0.717, 1.165) is 22.1 Å². The normalized spacial score (nSPS) is 11.7. The summed E-state index contributed by atoms with van der Waals surface area (Å²) in [5.41, 5.74) is 0. The Labute approximate surface area is 297 Å². The van der Waals surface area contributed by atoms with E-state index in [1.807, 2.05) is 0 Å². The van der Waals surface area contributed by atoms with E-state index in [2.05, 4.69) is 42.0 Å². The van der Waals surface area contributed by atoms with E-state index in [0.29, 0.717) is 0 Å². The van der Waals surface area contributed by atoms with Crippen molar-refractivity contribution in [1.29, 1.82) is 0 Å². The molecule has 0 unspecified atom stereocenters. The van der Waals surface area contributed by atoms with Crippen molar-refractivity contribution in [3.63, 3.8) is 0 Å². The molecule has 0 fully saturated rings. The van der Waals surface area contributed by atoms with Crippen LogP contribution in [0.3, 0.4) is 0 Å². The molecule has 0 rings (SSSR count). The second kappa shape index (κ2) is 37.2. The number of aliphatic hydroxyl groups excluding tert-OH is 1. The second-order valence-electron chi connectivity index (χ2n) is 15.5. The number of quaternary nitrogens is 2. The number of unbranched alkanes of at least 4 members (excludes halogenated alkanes) is 26. The van der Waals surface area contributed by atoms with Crippen LogP contribution in [-0.2, 0) is 0 Å². The summed E-state index contributed by atoms with van der Waals surface area (Å²) in [6.45, 7) is 8.77. The van der Waals surface area contributed by atoms with E-state index in [-0.39, 0.29) is 36.4 Å². The fourth-order valence-corrected chi connectivity index (χ4v) is 6.85. The maximum atomic E-state index is 10.9. The van der Waals surface area contributed by atoms with Crippen LogP contribution in [0.2, 0.25) is 0 Å². The number of nitrogens with zero attached hydrogens (tertiary/aromatic N) is 2. The number of rotatable bonds is 34. The topological polar surface area (TPSA) is 51.7 Å². The van der Waals surface area contributed by atoms with Gasteiger partial charge in [-0.25, -0.2) is 0 Å². The minimum Gasteiger partial charge on any atom is -1.00 e. The fourth-order valence-electron chi connectivity index (χ4n) is 6.85. The smallest absolute Gasteiger partial charge is 0.152 e. The average Bonchev–Trinajstić information content (AvgIpc) is 2.92. The lowest BCUT2D eigenvalue weighted by molar-refractivity contribution is -0.914. The molecular formula is C39H86Cl2N2O2. The van der Waals surface area contributed by atoms with Crippen LogP contribution in [0.5, 0.6) is 0 Å². The highest BCUT2D eigenvalue weighted by molar-refractivity contribution is 4.56. The van der Waals surface area contributed by atoms with Crippen LogP contribution in [-0.4, -0.2) is 80.0 Å². The summed E-state index contributed by atoms with van der Waals surface area (Å²) in [6.07, 6.45) is 39.5. The molecule has 0 heterocycles. The zero-order valence-electron chi connectivity index (χ0n) is 31.8. The zero-order chi connectivity index (χ0) is 31.2. The highest BCUT2D eigenvalue weighted by Gasteiger charge is 2.26. The zero-order valence-corrected chi connectivity index (χ0v) is 33.3. The maximum absolute atomic E-state index is 10.9. The fraction of sp³-hybridized carbons (Fsp3) is 1.00. The number of aliphatic hydroxyl groups is 1. The Morgan fingerprint density at radius 1 is 0.356 bits per heavy atom. The van der Waals surface area contributed by atoms with Crippen LogP contribution in [0.15, 0.2) is 0 Å². The molecule has 0 saturated carbocycles. The predicted octanol–water partition coefficient (Wildman–Crippen LogP) is 4.65. The molecule has 0 bridgehead atoms. The van der Waals surface area contributed by atoms with Gasteiger partial charge in [0.2, 0.25) is 0 Å². The molecular weight excluding hydrogens is 599 g/mol. The number of hydrogen-bond acceptors (Lipinski definition) is 1. The first-order valence-corrected chi connectivity index (χ1v) is 19.5. The van der Waals surface area contributed by atoms with Crippen LogP contribution in [0.25, 0.3) is 0 Å². The van der Waals surface area contributed by atoms with E-state index < -0.39 is 0 Å². The Morgan fingerprint density at radius 3 is 0.733 bits per heavy atom. The molecule has 0 spiro atoms. The monoisotopic (exact) mass is 685 g/mol. The van der Waals surface area contributed by atoms with Crippen LogP contribution >= 0.6 is 0 Å². The first-order valence-electron chi connectivity index (χ1n) is 19.5. The Balaban J connectivity index is -0.00000280. The number of hydrogen-bond donors (Lipinski definition) is 1. The molecule has 0 aromatic heterocycles. The summed E-state index contributed by atoms with van der Waals surface area (Å²) in [6, 6.07) is 0. The van der Waals surface area contributed by atoms with Crippen molar-refractivity contribution in [2.45, 2.75) is 200 Å². The summed E-state index contributed by atoms with van der Waals surface area (Å²) < 4.78 is 1.91. The molecule has 3 N–H and O–H groups in total. The Bertz CT molecular complexity index is 503. The Kier molecular flexibility index (Phi) is 43.2. The molecule has 0 amide bonds. The van der Waals surface area contributed by atoms with Gasteiger partial charge in [0.05, 0.1) is 41.3 Å². The summed E-state index contributed by atoms with van der Waals surface area (Å²) in [7, 11) is 9.27. The van der Waals surface area contributed by atoms with Crippen molar-refractivity contribution in [2.75, 3.05) is 54.4 Å². The molecule has 0 aromatic carbocycles. The minimum atomic E-state index is -0.201. The van der Waals surface area contributed by atoms with E-state index >= 15 is 0 Å². The van der Waals surface area contributed by atoms with E-state index in [9.17, 15) is 5.11 Å². The van der Waals surface area contributed by atoms with Gasteiger partial charge in [0.15, 0.2) is 6.10 Å². The van der Waals surface area contributed by atoms with Gasteiger partial charge < -0.3 is 44.4 Å². The van der Waals surface area contributed by atoms with Gasteiger partial charge >= 0.3 is 0 Å². The van der Waals surface area contributed by atoms with Crippen molar-refractivity contribution in [3.05, 3.63) is 0 Å². The third-order valence-electron chi connectivity index (χ3n) is 9.64. The van der Waals surface area contributed by atoms with Crippen LogP contribution in [0.4, 0.5) is 0 Å². The lowest BCUT2D eigenvalue weighted by Crippen LogP contribution is -3.00. The van der Waals surface area contributed by atoms with Crippen LogP contribution in [0.1, 0.15) is 194 Å². The molecule has 0 aromatic rings. The van der Waals surface area contributed by atoms with Crippen molar-refractivity contribution in [2.24, 2.45) is 0 Å². The molecule has 0 aliphatic rings. The van der Waals surface area contributed by atoms with Gasteiger partial charge in [0.1, 0.15) is 13.1 Å².